The standard InChI is InChI=1S/C16H23N3O2S.C2HF3O2/c1-18-16(21)14-9-13(17)10-19(14)15(20)7-8-22-11-12-5-3-2-4-6-12;3-2(4,5)1(6)7/h2-6,13-14H,7-11,17H2,1H3,(H,18,21);(H,6,7)/t13-,14+;/m1./s1. The van der Waals surface area contributed by atoms with Crippen LogP contribution in [0, 0.1) is 0 Å². The van der Waals surface area contributed by atoms with E-state index in [1.54, 1.807) is 23.7 Å². The smallest absolute Gasteiger partial charge is 0.475 e. The molecule has 1 aromatic rings. The number of nitrogens with one attached hydrogen (secondary N) is 1. The number of carbonyl (C=O) groups excluding carboxylic acids is 2. The van der Waals surface area contributed by atoms with E-state index in [2.05, 4.69) is 17.4 Å². The number of benzene rings is 1. The van der Waals surface area contributed by atoms with Crippen LogP contribution in [0.1, 0.15) is 18.4 Å². The van der Waals surface area contributed by atoms with Gasteiger partial charge in [0.1, 0.15) is 6.04 Å². The Kier molecular flexibility index (Phi) is 9.96. The molecule has 0 aromatic heterocycles. The number of hydrogen-bond acceptors (Lipinski definition) is 5. The van der Waals surface area contributed by atoms with Gasteiger partial charge >= 0.3 is 12.1 Å². The summed E-state index contributed by atoms with van der Waals surface area (Å²) >= 11 is 1.73. The average molecular weight is 435 g/mol. The fourth-order valence-corrected chi connectivity index (χ4v) is 3.52. The number of amides is 2. The molecule has 0 aliphatic carbocycles. The maximum atomic E-state index is 12.3. The number of aliphatic carboxylic acids is 1. The summed E-state index contributed by atoms with van der Waals surface area (Å²) in [7, 11) is 1.59. The maximum absolute atomic E-state index is 12.3. The second kappa shape index (κ2) is 11.7. The van der Waals surface area contributed by atoms with Crippen LogP contribution in [0.5, 0.6) is 0 Å². The molecular formula is C18H24F3N3O4S. The predicted molar refractivity (Wildman–Crippen MR) is 103 cm³/mol. The molecule has 0 unspecified atom stereocenters. The second-order valence-corrected chi connectivity index (χ2v) is 7.37. The molecule has 0 saturated carbocycles. The van der Waals surface area contributed by atoms with E-state index in [1.807, 2.05) is 18.2 Å². The molecule has 7 nitrogen and oxygen atoms in total. The average Bonchev–Trinajstić information content (AvgIpc) is 3.07. The molecule has 2 rings (SSSR count). The number of carboxylic acid groups (broad SMARTS) is 1. The molecule has 2 atom stereocenters. The zero-order valence-corrected chi connectivity index (χ0v) is 16.6. The van der Waals surface area contributed by atoms with Crippen LogP contribution in [0.25, 0.3) is 0 Å². The van der Waals surface area contributed by atoms with Crippen molar-refractivity contribution in [3.63, 3.8) is 0 Å². The molecule has 1 heterocycles. The highest BCUT2D eigenvalue weighted by atomic mass is 32.2. The highest BCUT2D eigenvalue weighted by molar-refractivity contribution is 7.98. The molecular weight excluding hydrogens is 411 g/mol. The lowest BCUT2D eigenvalue weighted by Crippen LogP contribution is -2.45. The molecule has 1 saturated heterocycles. The minimum Gasteiger partial charge on any atom is -0.475 e. The third-order valence-electron chi connectivity index (χ3n) is 4.02. The number of thioether (sulfide) groups is 1. The summed E-state index contributed by atoms with van der Waals surface area (Å²) in [5.74, 6) is -1.22. The normalized spacial score (nSPS) is 18.6. The highest BCUT2D eigenvalue weighted by Crippen LogP contribution is 2.20. The lowest BCUT2D eigenvalue weighted by molar-refractivity contribution is -0.192. The van der Waals surface area contributed by atoms with Crippen LogP contribution in [0.4, 0.5) is 13.2 Å². The summed E-state index contributed by atoms with van der Waals surface area (Å²) in [6.45, 7) is 0.472. The minimum absolute atomic E-state index is 0.0158. The van der Waals surface area contributed by atoms with Gasteiger partial charge in [-0.2, -0.15) is 24.9 Å². The largest absolute Gasteiger partial charge is 0.490 e. The Morgan fingerprint density at radius 1 is 1.28 bits per heavy atom. The third-order valence-corrected chi connectivity index (χ3v) is 5.05. The number of alkyl halides is 3. The number of halogens is 3. The van der Waals surface area contributed by atoms with Crippen molar-refractivity contribution in [2.24, 2.45) is 5.73 Å². The molecule has 2 amide bonds. The van der Waals surface area contributed by atoms with Gasteiger partial charge in [0, 0.05) is 37.6 Å². The van der Waals surface area contributed by atoms with Crippen LogP contribution in [0.2, 0.25) is 0 Å². The van der Waals surface area contributed by atoms with E-state index in [-0.39, 0.29) is 17.9 Å². The molecule has 0 spiro atoms. The van der Waals surface area contributed by atoms with Crippen LogP contribution in [-0.4, -0.2) is 65.4 Å². The summed E-state index contributed by atoms with van der Waals surface area (Å²) in [5, 5.41) is 9.73. The summed E-state index contributed by atoms with van der Waals surface area (Å²) < 4.78 is 31.7. The predicted octanol–water partition coefficient (Wildman–Crippen LogP) is 1.62. The van der Waals surface area contributed by atoms with Crippen LogP contribution in [0.15, 0.2) is 30.3 Å². The first-order valence-corrected chi connectivity index (χ1v) is 9.90. The third kappa shape index (κ3) is 8.73. The maximum Gasteiger partial charge on any atom is 0.490 e. The SMILES string of the molecule is CNC(=O)[C@@H]1C[C@@H](N)CN1C(=O)CCSCc1ccccc1.O=C(O)C(F)(F)F. The number of nitrogens with two attached hydrogens (primary N) is 1. The fraction of sp³-hybridized carbons (Fsp3) is 0.500. The Labute approximate surface area is 170 Å². The van der Waals surface area contributed by atoms with Crippen molar-refractivity contribution in [1.82, 2.24) is 10.2 Å². The molecule has 162 valence electrons. The summed E-state index contributed by atoms with van der Waals surface area (Å²) in [6, 6.07) is 9.66. The monoisotopic (exact) mass is 435 g/mol. The molecule has 4 N–H and O–H groups in total. The van der Waals surface area contributed by atoms with Crippen molar-refractivity contribution in [3.05, 3.63) is 35.9 Å². The second-order valence-electron chi connectivity index (χ2n) is 6.26. The molecule has 1 fully saturated rings. The number of likely N-dealkylation sites (N-methyl/N-ethyl adjacent to an activating group) is 1. The van der Waals surface area contributed by atoms with E-state index < -0.39 is 18.2 Å². The zero-order valence-electron chi connectivity index (χ0n) is 15.8. The quantitative estimate of drug-likeness (QED) is 0.586. The van der Waals surface area contributed by atoms with Gasteiger partial charge in [0.2, 0.25) is 11.8 Å². The first-order chi connectivity index (χ1) is 13.6. The molecule has 1 aliphatic heterocycles. The lowest BCUT2D eigenvalue weighted by Gasteiger charge is -2.23. The Hall–Kier alpha value is -2.27. The van der Waals surface area contributed by atoms with E-state index in [0.717, 1.165) is 11.5 Å². The molecule has 11 heteroatoms. The van der Waals surface area contributed by atoms with Gasteiger partial charge in [-0.3, -0.25) is 9.59 Å². The summed E-state index contributed by atoms with van der Waals surface area (Å²) in [5.41, 5.74) is 7.15. The van der Waals surface area contributed by atoms with E-state index >= 15 is 0 Å². The molecule has 1 aromatic carbocycles. The van der Waals surface area contributed by atoms with Crippen molar-refractivity contribution >= 4 is 29.5 Å². The Balaban J connectivity index is 0.000000516. The van der Waals surface area contributed by atoms with Crippen LogP contribution in [-0.2, 0) is 20.1 Å². The van der Waals surface area contributed by atoms with Crippen LogP contribution < -0.4 is 11.1 Å². The molecule has 0 bridgehead atoms. The van der Waals surface area contributed by atoms with E-state index in [0.29, 0.717) is 19.4 Å². The number of hydrogen-bond donors (Lipinski definition) is 3. The van der Waals surface area contributed by atoms with Crippen molar-refractivity contribution in [2.75, 3.05) is 19.3 Å². The summed E-state index contributed by atoms with van der Waals surface area (Å²) in [6.07, 6.45) is -4.10. The highest BCUT2D eigenvalue weighted by Gasteiger charge is 2.38. The number of likely N-dealkylation sites (tertiary alicyclic amines) is 1. The minimum atomic E-state index is -5.08. The van der Waals surface area contributed by atoms with E-state index in [1.165, 1.54) is 5.56 Å². The van der Waals surface area contributed by atoms with Crippen molar-refractivity contribution in [3.8, 4) is 0 Å². The zero-order chi connectivity index (χ0) is 22.0. The topological polar surface area (TPSA) is 113 Å². The molecule has 0 radical (unpaired) electrons. The Morgan fingerprint density at radius 3 is 2.38 bits per heavy atom. The first-order valence-electron chi connectivity index (χ1n) is 8.74. The lowest BCUT2D eigenvalue weighted by atomic mass is 10.1. The van der Waals surface area contributed by atoms with Gasteiger partial charge in [-0.25, -0.2) is 4.79 Å². The van der Waals surface area contributed by atoms with Gasteiger partial charge in [0.05, 0.1) is 0 Å². The van der Waals surface area contributed by atoms with Crippen molar-refractivity contribution in [1.29, 1.82) is 0 Å². The molecule has 1 aliphatic rings. The summed E-state index contributed by atoms with van der Waals surface area (Å²) in [4.78, 5) is 34.7. The van der Waals surface area contributed by atoms with E-state index in [9.17, 15) is 22.8 Å². The van der Waals surface area contributed by atoms with Crippen LogP contribution in [0.3, 0.4) is 0 Å². The van der Waals surface area contributed by atoms with Gasteiger partial charge in [0.25, 0.3) is 0 Å². The van der Waals surface area contributed by atoms with Gasteiger partial charge in [-0.1, -0.05) is 30.3 Å². The Bertz CT molecular complexity index is 689. The fourth-order valence-electron chi connectivity index (χ4n) is 2.63. The van der Waals surface area contributed by atoms with Gasteiger partial charge in [-0.15, -0.1) is 0 Å². The van der Waals surface area contributed by atoms with E-state index in [4.69, 9.17) is 15.6 Å². The van der Waals surface area contributed by atoms with Crippen molar-refractivity contribution < 1.29 is 32.7 Å². The van der Waals surface area contributed by atoms with Crippen LogP contribution >= 0.6 is 11.8 Å². The number of rotatable bonds is 6. The van der Waals surface area contributed by atoms with Gasteiger partial charge < -0.3 is 21.1 Å². The number of carboxylic acids is 1. The Morgan fingerprint density at radius 2 is 1.86 bits per heavy atom. The van der Waals surface area contributed by atoms with Gasteiger partial charge in [0.15, 0.2) is 0 Å². The van der Waals surface area contributed by atoms with Crippen molar-refractivity contribution in [2.45, 2.75) is 36.9 Å². The number of carbonyl (C=O) groups is 3. The molecule has 29 heavy (non-hydrogen) atoms. The number of nitrogens with zero attached hydrogens (tertiary/aromatic N) is 1. The first kappa shape index (κ1) is 24.8. The van der Waals surface area contributed by atoms with Gasteiger partial charge in [-0.05, 0) is 12.0 Å².